The molecule has 0 bridgehead atoms. The molecule has 0 spiro atoms. The number of rotatable bonds is 11. The Morgan fingerprint density at radius 3 is 2.29 bits per heavy atom. The van der Waals surface area contributed by atoms with E-state index in [-0.39, 0.29) is 30.8 Å². The van der Waals surface area contributed by atoms with Gasteiger partial charge < -0.3 is 25.8 Å². The van der Waals surface area contributed by atoms with Crippen molar-refractivity contribution in [2.75, 3.05) is 6.54 Å². The lowest BCUT2D eigenvalue weighted by molar-refractivity contribution is -0.126. The van der Waals surface area contributed by atoms with Crippen LogP contribution in [-0.4, -0.2) is 66.2 Å². The van der Waals surface area contributed by atoms with E-state index >= 15 is 0 Å². The highest BCUT2D eigenvalue weighted by Gasteiger charge is 2.38. The number of carbonyl (C=O) groups excluding carboxylic acids is 3. The average molecular weight is 506 g/mol. The maximum atomic E-state index is 13.0. The van der Waals surface area contributed by atoms with Crippen molar-refractivity contribution in [1.29, 1.82) is 0 Å². The van der Waals surface area contributed by atoms with Crippen molar-refractivity contribution in [2.45, 2.75) is 95.8 Å². The van der Waals surface area contributed by atoms with Gasteiger partial charge in [0.05, 0.1) is 6.04 Å². The maximum absolute atomic E-state index is 13.0. The van der Waals surface area contributed by atoms with Gasteiger partial charge in [-0.05, 0) is 56.8 Å². The number of alkyl carbamates (subject to hydrolysis) is 1. The van der Waals surface area contributed by atoms with Crippen molar-refractivity contribution in [3.63, 3.8) is 0 Å². The lowest BCUT2D eigenvalue weighted by Crippen LogP contribution is -2.55. The summed E-state index contributed by atoms with van der Waals surface area (Å²) < 4.78 is 38.0. The number of aliphatic hydroxyl groups is 1. The van der Waals surface area contributed by atoms with Gasteiger partial charge in [-0.25, -0.2) is 4.79 Å². The summed E-state index contributed by atoms with van der Waals surface area (Å²) in [6, 6.07) is -2.49. The van der Waals surface area contributed by atoms with Crippen LogP contribution in [0.3, 0.4) is 0 Å². The molecule has 196 valence electrons. The Balaban J connectivity index is 2.05. The van der Waals surface area contributed by atoms with Crippen molar-refractivity contribution in [1.82, 2.24) is 16.0 Å². The quantitative estimate of drug-likeness (QED) is 0.262. The number of hydrogen-bond donors (Lipinski definition) is 5. The van der Waals surface area contributed by atoms with Crippen LogP contribution in [0.2, 0.25) is 0 Å². The average Bonchev–Trinajstić information content (AvgIpc) is 3.16. The minimum Gasteiger partial charge on any atom is -0.446 e. The largest absolute Gasteiger partial charge is 0.446 e. The molecule has 0 aromatic heterocycles. The van der Waals surface area contributed by atoms with E-state index < -0.39 is 45.6 Å². The number of nitrogens with one attached hydrogen (secondary N) is 3. The number of aliphatic hydroxyl groups excluding tert-OH is 1. The van der Waals surface area contributed by atoms with Crippen LogP contribution in [0.25, 0.3) is 0 Å². The molecule has 1 aliphatic carbocycles. The minimum atomic E-state index is -4.91. The summed E-state index contributed by atoms with van der Waals surface area (Å²) in [6.07, 6.45) is 4.09. The smallest absolute Gasteiger partial charge is 0.408 e. The van der Waals surface area contributed by atoms with E-state index in [1.165, 1.54) is 0 Å². The van der Waals surface area contributed by atoms with Gasteiger partial charge in [0.15, 0.2) is 0 Å². The zero-order valence-corrected chi connectivity index (χ0v) is 21.0. The summed E-state index contributed by atoms with van der Waals surface area (Å²) in [5, 5.41) is 17.7. The Hall–Kier alpha value is -1.92. The zero-order valence-electron chi connectivity index (χ0n) is 20.2. The molecule has 1 saturated carbocycles. The normalized spacial score (nSPS) is 25.8. The molecule has 0 radical (unpaired) electrons. The van der Waals surface area contributed by atoms with Crippen molar-refractivity contribution >= 4 is 28.0 Å². The second-order valence-electron chi connectivity index (χ2n) is 9.82. The van der Waals surface area contributed by atoms with Gasteiger partial charge in [-0.15, -0.1) is 0 Å². The molecule has 0 aromatic rings. The predicted octanol–water partition coefficient (Wildman–Crippen LogP) is 1.31. The van der Waals surface area contributed by atoms with Gasteiger partial charge in [0, 0.05) is 12.5 Å². The first-order chi connectivity index (χ1) is 15.9. The van der Waals surface area contributed by atoms with Crippen LogP contribution in [0, 0.1) is 17.8 Å². The monoisotopic (exact) mass is 505 g/mol. The third kappa shape index (κ3) is 8.70. The molecule has 34 heavy (non-hydrogen) atoms. The molecule has 2 fully saturated rings. The van der Waals surface area contributed by atoms with Crippen LogP contribution in [0.15, 0.2) is 0 Å². The van der Waals surface area contributed by atoms with E-state index in [0.717, 1.165) is 32.1 Å². The Morgan fingerprint density at radius 2 is 1.79 bits per heavy atom. The predicted molar refractivity (Wildman–Crippen MR) is 124 cm³/mol. The minimum absolute atomic E-state index is 0.00148. The molecule has 1 saturated heterocycles. The van der Waals surface area contributed by atoms with Crippen molar-refractivity contribution in [3.8, 4) is 0 Å². The number of carbonyl (C=O) groups is 3. The zero-order chi connectivity index (χ0) is 25.5. The van der Waals surface area contributed by atoms with Gasteiger partial charge in [0.25, 0.3) is 10.1 Å². The lowest BCUT2D eigenvalue weighted by Gasteiger charge is -2.29. The number of hydrogen-bond acceptors (Lipinski definition) is 7. The molecule has 2 rings (SSSR count). The van der Waals surface area contributed by atoms with E-state index in [4.69, 9.17) is 4.74 Å². The van der Waals surface area contributed by atoms with Crippen LogP contribution in [-0.2, 0) is 24.4 Å². The maximum Gasteiger partial charge on any atom is 0.408 e. The van der Waals surface area contributed by atoms with Gasteiger partial charge >= 0.3 is 6.09 Å². The molecular formula is C22H39N3O8S. The fourth-order valence-corrected chi connectivity index (χ4v) is 5.20. The highest BCUT2D eigenvalue weighted by atomic mass is 32.2. The first-order valence-electron chi connectivity index (χ1n) is 12.1. The highest BCUT2D eigenvalue weighted by Crippen LogP contribution is 2.28. The van der Waals surface area contributed by atoms with Crippen molar-refractivity contribution in [3.05, 3.63) is 0 Å². The van der Waals surface area contributed by atoms with Crippen LogP contribution in [0.5, 0.6) is 0 Å². The summed E-state index contributed by atoms with van der Waals surface area (Å²) in [6.45, 7) is 6.24. The summed E-state index contributed by atoms with van der Waals surface area (Å²) in [7, 11) is -4.91. The summed E-state index contributed by atoms with van der Waals surface area (Å²) in [5.41, 5.74) is -2.31. The third-order valence-electron chi connectivity index (χ3n) is 6.64. The van der Waals surface area contributed by atoms with Crippen molar-refractivity contribution in [2.24, 2.45) is 17.8 Å². The molecule has 1 aliphatic heterocycles. The van der Waals surface area contributed by atoms with E-state index in [0.29, 0.717) is 18.9 Å². The Morgan fingerprint density at radius 1 is 1.15 bits per heavy atom. The second-order valence-corrected chi connectivity index (χ2v) is 11.3. The van der Waals surface area contributed by atoms with Crippen LogP contribution >= 0.6 is 0 Å². The highest BCUT2D eigenvalue weighted by molar-refractivity contribution is 7.86. The summed E-state index contributed by atoms with van der Waals surface area (Å²) in [5.74, 6) is -1.04. The molecule has 4 atom stereocenters. The number of amides is 3. The molecule has 0 aromatic carbocycles. The lowest BCUT2D eigenvalue weighted by atomic mass is 9.86. The van der Waals surface area contributed by atoms with Gasteiger partial charge in [-0.1, -0.05) is 27.2 Å². The van der Waals surface area contributed by atoms with Gasteiger partial charge in [-0.2, -0.15) is 8.42 Å². The first-order valence-corrected chi connectivity index (χ1v) is 13.6. The first kappa shape index (κ1) is 28.3. The molecule has 12 heteroatoms. The number of ether oxygens (including phenoxy) is 1. The molecule has 11 nitrogen and oxygen atoms in total. The molecule has 1 heterocycles. The standard InChI is InChI=1S/C22H39N3O8S/c1-4-14-5-7-16(8-6-14)33-22(29)25-17(11-13(2)3)20(27)24-18(21(28)34(30,31)32)12-15-9-10-23-19(15)26/h13-18,21,28H,4-12H2,1-3H3,(H,23,26)(H,24,27)(H,25,29)(H,30,31,32)/t14?,15-,16?,17-,18-,21?/m0/s1. The molecule has 1 unspecified atom stereocenters. The van der Waals surface area contributed by atoms with Gasteiger partial charge in [-0.3, -0.25) is 14.1 Å². The fourth-order valence-electron chi connectivity index (χ4n) is 4.60. The van der Waals surface area contributed by atoms with Gasteiger partial charge in [0.1, 0.15) is 12.1 Å². The summed E-state index contributed by atoms with van der Waals surface area (Å²) >= 11 is 0. The Kier molecular flexibility index (Phi) is 10.6. The molecule has 3 amide bonds. The van der Waals surface area contributed by atoms with E-state index in [1.54, 1.807) is 0 Å². The topological polar surface area (TPSA) is 171 Å². The fraction of sp³-hybridized carbons (Fsp3) is 0.864. The SMILES string of the molecule is CCC1CCC(OC(=O)N[C@@H](CC(C)C)C(=O)N[C@@H](C[C@@H]2CCNC2=O)C(O)S(=O)(=O)O)CC1. The van der Waals surface area contributed by atoms with Gasteiger partial charge in [0.2, 0.25) is 17.3 Å². The Labute approximate surface area is 201 Å². The van der Waals surface area contributed by atoms with Crippen LogP contribution in [0.4, 0.5) is 4.79 Å². The van der Waals surface area contributed by atoms with E-state index in [2.05, 4.69) is 22.9 Å². The molecule has 2 aliphatic rings. The van der Waals surface area contributed by atoms with Crippen molar-refractivity contribution < 1.29 is 37.2 Å². The van der Waals surface area contributed by atoms with E-state index in [1.807, 2.05) is 13.8 Å². The molecular weight excluding hydrogens is 466 g/mol. The third-order valence-corrected chi connectivity index (χ3v) is 7.58. The van der Waals surface area contributed by atoms with Crippen LogP contribution < -0.4 is 16.0 Å². The summed E-state index contributed by atoms with van der Waals surface area (Å²) in [4.78, 5) is 37.5. The van der Waals surface area contributed by atoms with E-state index in [9.17, 15) is 32.5 Å². The molecule has 5 N–H and O–H groups in total. The Bertz CT molecular complexity index is 811. The van der Waals surface area contributed by atoms with Crippen LogP contribution in [0.1, 0.15) is 72.1 Å². The second kappa shape index (κ2) is 12.7.